The zero-order valence-electron chi connectivity index (χ0n) is 12.1. The molecule has 0 spiro atoms. The van der Waals surface area contributed by atoms with Crippen molar-refractivity contribution in [3.63, 3.8) is 0 Å². The molecule has 1 amide bonds. The van der Waals surface area contributed by atoms with Crippen LogP contribution in [0, 0.1) is 22.6 Å². The minimum Gasteiger partial charge on any atom is -0.351 e. The van der Waals surface area contributed by atoms with Crippen LogP contribution in [0.4, 0.5) is 4.39 Å². The van der Waals surface area contributed by atoms with E-state index in [4.69, 9.17) is 0 Å². The number of amides is 1. The number of nitriles is 1. The molecule has 0 saturated heterocycles. The van der Waals surface area contributed by atoms with Crippen LogP contribution in [0.3, 0.4) is 0 Å². The van der Waals surface area contributed by atoms with Crippen LogP contribution in [0.15, 0.2) is 24.3 Å². The van der Waals surface area contributed by atoms with E-state index in [-0.39, 0.29) is 18.3 Å². The van der Waals surface area contributed by atoms with Gasteiger partial charge in [0.2, 0.25) is 5.91 Å². The molecule has 0 fully saturated rings. The molecule has 0 heterocycles. The standard InChI is InChI=1S/C16H21FN2O/c1-3-8-16(12-18,9-4-2)15(20)19-11-13-6-5-7-14(17)10-13/h5-7,10H,3-4,8-9,11H2,1-2H3,(H,19,20). The fourth-order valence-electron chi connectivity index (χ4n) is 2.37. The van der Waals surface area contributed by atoms with Crippen molar-refractivity contribution in [2.24, 2.45) is 5.41 Å². The van der Waals surface area contributed by atoms with Gasteiger partial charge in [0.1, 0.15) is 11.2 Å². The Labute approximate surface area is 119 Å². The Kier molecular flexibility index (Phi) is 6.17. The lowest BCUT2D eigenvalue weighted by atomic mass is 9.79. The number of halogens is 1. The summed E-state index contributed by atoms with van der Waals surface area (Å²) in [5.41, 5.74) is -0.269. The Morgan fingerprint density at radius 1 is 1.35 bits per heavy atom. The Bertz CT molecular complexity index is 487. The molecule has 0 saturated carbocycles. The average Bonchev–Trinajstić information content (AvgIpc) is 2.44. The van der Waals surface area contributed by atoms with Gasteiger partial charge in [0, 0.05) is 6.54 Å². The van der Waals surface area contributed by atoms with Gasteiger partial charge in [-0.1, -0.05) is 38.8 Å². The summed E-state index contributed by atoms with van der Waals surface area (Å²) < 4.78 is 13.1. The fraction of sp³-hybridized carbons (Fsp3) is 0.500. The molecular weight excluding hydrogens is 255 g/mol. The van der Waals surface area contributed by atoms with Crippen LogP contribution in [-0.2, 0) is 11.3 Å². The van der Waals surface area contributed by atoms with E-state index >= 15 is 0 Å². The third kappa shape index (κ3) is 4.06. The third-order valence-corrected chi connectivity index (χ3v) is 3.34. The first-order chi connectivity index (χ1) is 9.57. The second kappa shape index (κ2) is 7.64. The van der Waals surface area contributed by atoms with E-state index in [0.717, 1.165) is 12.8 Å². The van der Waals surface area contributed by atoms with Gasteiger partial charge >= 0.3 is 0 Å². The largest absolute Gasteiger partial charge is 0.351 e. The molecule has 108 valence electrons. The summed E-state index contributed by atoms with van der Waals surface area (Å²) in [4.78, 5) is 12.3. The van der Waals surface area contributed by atoms with Crippen LogP contribution in [-0.4, -0.2) is 5.91 Å². The van der Waals surface area contributed by atoms with Gasteiger partial charge in [-0.15, -0.1) is 0 Å². The summed E-state index contributed by atoms with van der Waals surface area (Å²) in [5, 5.41) is 12.1. The molecule has 3 nitrogen and oxygen atoms in total. The predicted octanol–water partition coefficient (Wildman–Crippen LogP) is 3.55. The third-order valence-electron chi connectivity index (χ3n) is 3.34. The maximum atomic E-state index is 13.1. The first kappa shape index (κ1) is 16.2. The zero-order chi connectivity index (χ0) is 15.0. The van der Waals surface area contributed by atoms with Crippen molar-refractivity contribution < 1.29 is 9.18 Å². The summed E-state index contributed by atoms with van der Waals surface area (Å²) in [5.74, 6) is -0.585. The molecule has 0 aromatic heterocycles. The number of hydrogen-bond acceptors (Lipinski definition) is 2. The molecule has 0 aliphatic heterocycles. The molecule has 4 heteroatoms. The van der Waals surface area contributed by atoms with E-state index < -0.39 is 5.41 Å². The van der Waals surface area contributed by atoms with E-state index in [9.17, 15) is 14.4 Å². The second-order valence-corrected chi connectivity index (χ2v) is 5.01. The maximum absolute atomic E-state index is 13.1. The minimum atomic E-state index is -0.961. The van der Waals surface area contributed by atoms with Crippen molar-refractivity contribution in [2.45, 2.75) is 46.1 Å². The van der Waals surface area contributed by atoms with Crippen molar-refractivity contribution >= 4 is 5.91 Å². The van der Waals surface area contributed by atoms with Crippen molar-refractivity contribution in [2.75, 3.05) is 0 Å². The molecule has 20 heavy (non-hydrogen) atoms. The maximum Gasteiger partial charge on any atom is 0.240 e. The summed E-state index contributed by atoms with van der Waals surface area (Å²) in [6.07, 6.45) is 2.65. The Morgan fingerprint density at radius 2 is 2.00 bits per heavy atom. The van der Waals surface area contributed by atoms with Gasteiger partial charge in [-0.05, 0) is 30.5 Å². The monoisotopic (exact) mass is 276 g/mol. The second-order valence-electron chi connectivity index (χ2n) is 5.01. The molecule has 0 bridgehead atoms. The Balaban J connectivity index is 2.74. The molecular formula is C16H21FN2O. The van der Waals surface area contributed by atoms with Crippen molar-refractivity contribution in [1.82, 2.24) is 5.32 Å². The van der Waals surface area contributed by atoms with Crippen LogP contribution in [0.5, 0.6) is 0 Å². The van der Waals surface area contributed by atoms with Crippen molar-refractivity contribution in [3.8, 4) is 6.07 Å². The van der Waals surface area contributed by atoms with Gasteiger partial charge in [-0.25, -0.2) is 4.39 Å². The van der Waals surface area contributed by atoms with Crippen LogP contribution >= 0.6 is 0 Å². The SMILES string of the molecule is CCCC(C#N)(CCC)C(=O)NCc1cccc(F)c1. The van der Waals surface area contributed by atoms with Crippen LogP contribution < -0.4 is 5.32 Å². The molecule has 0 aliphatic rings. The highest BCUT2D eigenvalue weighted by molar-refractivity contribution is 5.85. The van der Waals surface area contributed by atoms with Crippen LogP contribution in [0.2, 0.25) is 0 Å². The first-order valence-electron chi connectivity index (χ1n) is 7.02. The minimum absolute atomic E-state index is 0.244. The number of nitrogens with one attached hydrogen (secondary N) is 1. The lowest BCUT2D eigenvalue weighted by molar-refractivity contribution is -0.129. The highest BCUT2D eigenvalue weighted by Crippen LogP contribution is 2.29. The average molecular weight is 276 g/mol. The van der Waals surface area contributed by atoms with Gasteiger partial charge in [0.05, 0.1) is 6.07 Å². The molecule has 1 N–H and O–H groups in total. The normalized spacial score (nSPS) is 10.9. The zero-order valence-corrected chi connectivity index (χ0v) is 12.1. The number of rotatable bonds is 7. The summed E-state index contributed by atoms with van der Waals surface area (Å²) >= 11 is 0. The van der Waals surface area contributed by atoms with E-state index in [0.29, 0.717) is 18.4 Å². The van der Waals surface area contributed by atoms with Gasteiger partial charge < -0.3 is 5.32 Å². The lowest BCUT2D eigenvalue weighted by Crippen LogP contribution is -2.39. The number of benzene rings is 1. The van der Waals surface area contributed by atoms with E-state index in [2.05, 4.69) is 11.4 Å². The van der Waals surface area contributed by atoms with Crippen LogP contribution in [0.25, 0.3) is 0 Å². The van der Waals surface area contributed by atoms with Crippen LogP contribution in [0.1, 0.15) is 45.1 Å². The van der Waals surface area contributed by atoms with Gasteiger partial charge in [0.25, 0.3) is 0 Å². The number of hydrogen-bond donors (Lipinski definition) is 1. The topological polar surface area (TPSA) is 52.9 Å². The molecule has 0 unspecified atom stereocenters. The van der Waals surface area contributed by atoms with Gasteiger partial charge in [-0.2, -0.15) is 5.26 Å². The molecule has 1 aromatic carbocycles. The van der Waals surface area contributed by atoms with Gasteiger partial charge in [0.15, 0.2) is 0 Å². The highest BCUT2D eigenvalue weighted by atomic mass is 19.1. The predicted molar refractivity (Wildman–Crippen MR) is 76.1 cm³/mol. The summed E-state index contributed by atoms with van der Waals surface area (Å²) in [6.45, 7) is 4.16. The molecule has 0 aliphatic carbocycles. The number of carbonyl (C=O) groups is 1. The molecule has 1 rings (SSSR count). The summed E-state index contributed by atoms with van der Waals surface area (Å²) in [7, 11) is 0. The Morgan fingerprint density at radius 3 is 2.50 bits per heavy atom. The van der Waals surface area contributed by atoms with Crippen molar-refractivity contribution in [1.29, 1.82) is 5.26 Å². The number of nitrogens with zero attached hydrogens (tertiary/aromatic N) is 1. The van der Waals surface area contributed by atoms with Crippen molar-refractivity contribution in [3.05, 3.63) is 35.6 Å². The van der Waals surface area contributed by atoms with Gasteiger partial charge in [-0.3, -0.25) is 4.79 Å². The highest BCUT2D eigenvalue weighted by Gasteiger charge is 2.36. The summed E-state index contributed by atoms with van der Waals surface area (Å²) in [6, 6.07) is 8.27. The van der Waals surface area contributed by atoms with E-state index in [1.54, 1.807) is 12.1 Å². The smallest absolute Gasteiger partial charge is 0.240 e. The molecule has 0 radical (unpaired) electrons. The Hall–Kier alpha value is -1.89. The molecule has 0 atom stereocenters. The molecule has 1 aromatic rings. The fourth-order valence-corrected chi connectivity index (χ4v) is 2.37. The number of carbonyl (C=O) groups excluding carboxylic acids is 1. The van der Waals surface area contributed by atoms with E-state index in [1.807, 2.05) is 13.8 Å². The first-order valence-corrected chi connectivity index (χ1v) is 7.02. The lowest BCUT2D eigenvalue weighted by Gasteiger charge is -2.24. The van der Waals surface area contributed by atoms with E-state index in [1.165, 1.54) is 12.1 Å². The quantitative estimate of drug-likeness (QED) is 0.828.